The summed E-state index contributed by atoms with van der Waals surface area (Å²) in [6, 6.07) is 9.64. The van der Waals surface area contributed by atoms with E-state index in [1.54, 1.807) is 11.8 Å². The highest BCUT2D eigenvalue weighted by Gasteiger charge is 2.23. The number of hydrogen-bond acceptors (Lipinski definition) is 7. The number of thioether (sulfide) groups is 1. The molecule has 3 rings (SSSR count). The van der Waals surface area contributed by atoms with Crippen molar-refractivity contribution >= 4 is 56.2 Å². The number of hydrazone groups is 1. The summed E-state index contributed by atoms with van der Waals surface area (Å²) < 4.78 is 28.0. The van der Waals surface area contributed by atoms with Crippen LogP contribution in [0.2, 0.25) is 5.02 Å². The maximum absolute atomic E-state index is 12.8. The maximum Gasteiger partial charge on any atom is 0.270 e. The molecule has 2 N–H and O–H groups in total. The lowest BCUT2D eigenvalue weighted by atomic mass is 10.3. The van der Waals surface area contributed by atoms with E-state index in [1.807, 2.05) is 0 Å². The average molecular weight is 427 g/mol. The summed E-state index contributed by atoms with van der Waals surface area (Å²) in [6.07, 6.45) is 0.815. The first-order valence-electron chi connectivity index (χ1n) is 7.81. The Balaban J connectivity index is 1.96. The Morgan fingerprint density at radius 1 is 1.19 bits per heavy atom. The highest BCUT2D eigenvalue weighted by molar-refractivity contribution is 8.00. The van der Waals surface area contributed by atoms with E-state index in [-0.39, 0.29) is 22.0 Å². The van der Waals surface area contributed by atoms with E-state index in [9.17, 15) is 18.5 Å². The van der Waals surface area contributed by atoms with Crippen LogP contribution in [0.25, 0.3) is 0 Å². The fourth-order valence-corrected chi connectivity index (χ4v) is 4.68. The van der Waals surface area contributed by atoms with Crippen LogP contribution in [-0.2, 0) is 10.0 Å². The van der Waals surface area contributed by atoms with Crippen LogP contribution in [0.4, 0.5) is 17.1 Å². The molecular weight excluding hydrogens is 412 g/mol. The molecule has 1 aliphatic heterocycles. The zero-order valence-electron chi connectivity index (χ0n) is 13.9. The molecule has 0 aliphatic carbocycles. The Morgan fingerprint density at radius 2 is 1.93 bits per heavy atom. The Morgan fingerprint density at radius 3 is 2.56 bits per heavy atom. The largest absolute Gasteiger partial charge is 0.280 e. The number of sulfonamides is 1. The van der Waals surface area contributed by atoms with Crippen molar-refractivity contribution in [3.63, 3.8) is 0 Å². The van der Waals surface area contributed by atoms with Crippen molar-refractivity contribution in [3.8, 4) is 0 Å². The molecule has 0 radical (unpaired) electrons. The van der Waals surface area contributed by atoms with Gasteiger partial charge in [0, 0.05) is 34.3 Å². The number of benzene rings is 2. The molecular formula is C16H15ClN4O4S2. The van der Waals surface area contributed by atoms with Gasteiger partial charge in [-0.25, -0.2) is 8.42 Å². The number of anilines is 2. The first kappa shape index (κ1) is 19.5. The highest BCUT2D eigenvalue weighted by Crippen LogP contribution is 2.29. The lowest BCUT2D eigenvalue weighted by Crippen LogP contribution is -2.15. The van der Waals surface area contributed by atoms with Crippen LogP contribution in [0.3, 0.4) is 0 Å². The minimum Gasteiger partial charge on any atom is -0.280 e. The summed E-state index contributed by atoms with van der Waals surface area (Å²) in [7, 11) is -4.09. The molecule has 8 nitrogen and oxygen atoms in total. The quantitative estimate of drug-likeness (QED) is 0.534. The van der Waals surface area contributed by atoms with Crippen LogP contribution in [0.15, 0.2) is 52.5 Å². The number of halogens is 1. The van der Waals surface area contributed by atoms with Gasteiger partial charge in [0.1, 0.15) is 4.90 Å². The first-order valence-corrected chi connectivity index (χ1v) is 10.8. The molecule has 2 aromatic carbocycles. The minimum atomic E-state index is -4.09. The number of nitrogens with one attached hydrogen (secondary N) is 2. The predicted octanol–water partition coefficient (Wildman–Crippen LogP) is 3.95. The molecule has 0 atom stereocenters. The number of non-ortho nitro benzene ring substituents is 1. The van der Waals surface area contributed by atoms with E-state index < -0.39 is 14.9 Å². The second-order valence-corrected chi connectivity index (χ2v) is 8.83. The molecule has 0 unspecified atom stereocenters. The summed E-state index contributed by atoms with van der Waals surface area (Å²) in [5, 5.41) is 15.8. The van der Waals surface area contributed by atoms with Crippen LogP contribution in [0, 0.1) is 10.1 Å². The van der Waals surface area contributed by atoms with E-state index in [4.69, 9.17) is 11.6 Å². The highest BCUT2D eigenvalue weighted by atomic mass is 35.5. The van der Waals surface area contributed by atoms with Crippen LogP contribution in [0.5, 0.6) is 0 Å². The Hall–Kier alpha value is -2.30. The van der Waals surface area contributed by atoms with Gasteiger partial charge < -0.3 is 0 Å². The third kappa shape index (κ3) is 4.90. The molecule has 1 fully saturated rings. The van der Waals surface area contributed by atoms with Gasteiger partial charge in [-0.05, 0) is 42.5 Å². The minimum absolute atomic E-state index is 0.159. The first-order chi connectivity index (χ1) is 12.8. The lowest BCUT2D eigenvalue weighted by molar-refractivity contribution is -0.385. The molecule has 0 bridgehead atoms. The van der Waals surface area contributed by atoms with Gasteiger partial charge in [-0.1, -0.05) is 11.6 Å². The maximum atomic E-state index is 12.8. The standard InChI is InChI=1S/C16H15ClN4O4S2/c17-11-1-3-12(4-2-11)20-27(24,25)16-9-14(21(22)23)5-6-15(16)19-18-13-7-8-26-10-13/h1-6,9,19-20H,7-8,10H2. The van der Waals surface area contributed by atoms with E-state index in [1.165, 1.54) is 36.4 Å². The lowest BCUT2D eigenvalue weighted by Gasteiger charge is -2.12. The molecule has 0 spiro atoms. The van der Waals surface area contributed by atoms with Crippen molar-refractivity contribution in [2.24, 2.45) is 5.10 Å². The number of nitro groups is 1. The van der Waals surface area contributed by atoms with Gasteiger partial charge in [-0.2, -0.15) is 16.9 Å². The molecule has 0 aromatic heterocycles. The zero-order chi connectivity index (χ0) is 19.4. The van der Waals surface area contributed by atoms with Crippen molar-refractivity contribution in [2.75, 3.05) is 21.7 Å². The molecule has 1 saturated heterocycles. The second-order valence-electron chi connectivity index (χ2n) is 5.64. The topological polar surface area (TPSA) is 114 Å². The number of nitrogens with zero attached hydrogens (tertiary/aromatic N) is 2. The fourth-order valence-electron chi connectivity index (χ4n) is 2.35. The second kappa shape index (κ2) is 8.15. The Kier molecular flexibility index (Phi) is 5.88. The van der Waals surface area contributed by atoms with E-state index in [2.05, 4.69) is 15.2 Å². The van der Waals surface area contributed by atoms with Crippen molar-refractivity contribution in [1.82, 2.24) is 0 Å². The molecule has 2 aromatic rings. The van der Waals surface area contributed by atoms with E-state index in [0.717, 1.165) is 29.7 Å². The van der Waals surface area contributed by atoms with Crippen molar-refractivity contribution in [3.05, 3.63) is 57.6 Å². The number of hydrogen-bond donors (Lipinski definition) is 2. The van der Waals surface area contributed by atoms with Crippen LogP contribution >= 0.6 is 23.4 Å². The smallest absolute Gasteiger partial charge is 0.270 e. The molecule has 0 amide bonds. The molecule has 1 heterocycles. The van der Waals surface area contributed by atoms with Gasteiger partial charge in [0.25, 0.3) is 15.7 Å². The molecule has 1 aliphatic rings. The summed E-state index contributed by atoms with van der Waals surface area (Å²) in [4.78, 5) is 10.2. The van der Waals surface area contributed by atoms with Crippen LogP contribution < -0.4 is 10.1 Å². The van der Waals surface area contributed by atoms with Gasteiger partial charge >= 0.3 is 0 Å². The SMILES string of the molecule is O=[N+]([O-])c1ccc(NN=C2CCSC2)c(S(=O)(=O)Nc2ccc(Cl)cc2)c1. The summed E-state index contributed by atoms with van der Waals surface area (Å²) in [6.45, 7) is 0. The third-order valence-electron chi connectivity index (χ3n) is 3.70. The van der Waals surface area contributed by atoms with Crippen molar-refractivity contribution < 1.29 is 13.3 Å². The average Bonchev–Trinajstić information content (AvgIpc) is 3.15. The van der Waals surface area contributed by atoms with E-state index >= 15 is 0 Å². The van der Waals surface area contributed by atoms with Gasteiger partial charge in [-0.3, -0.25) is 20.3 Å². The Labute approximate surface area is 165 Å². The predicted molar refractivity (Wildman–Crippen MR) is 108 cm³/mol. The number of rotatable bonds is 6. The van der Waals surface area contributed by atoms with Crippen LogP contribution in [0.1, 0.15) is 6.42 Å². The van der Waals surface area contributed by atoms with Crippen LogP contribution in [-0.4, -0.2) is 30.6 Å². The van der Waals surface area contributed by atoms with Crippen molar-refractivity contribution in [1.29, 1.82) is 0 Å². The van der Waals surface area contributed by atoms with Gasteiger partial charge in [-0.15, -0.1) is 0 Å². The number of nitro benzene ring substituents is 1. The summed E-state index contributed by atoms with van der Waals surface area (Å²) >= 11 is 7.54. The summed E-state index contributed by atoms with van der Waals surface area (Å²) in [5.74, 6) is 1.73. The molecule has 27 heavy (non-hydrogen) atoms. The normalized spacial score (nSPS) is 15.7. The fraction of sp³-hybridized carbons (Fsp3) is 0.188. The monoisotopic (exact) mass is 426 g/mol. The van der Waals surface area contributed by atoms with E-state index in [0.29, 0.717) is 5.02 Å². The van der Waals surface area contributed by atoms with Crippen molar-refractivity contribution in [2.45, 2.75) is 11.3 Å². The Bertz CT molecular complexity index is 986. The van der Waals surface area contributed by atoms with Gasteiger partial charge in [0.2, 0.25) is 0 Å². The summed E-state index contributed by atoms with van der Waals surface area (Å²) in [5.41, 5.74) is 3.76. The zero-order valence-corrected chi connectivity index (χ0v) is 16.3. The third-order valence-corrected chi connectivity index (χ3v) is 6.40. The molecule has 11 heteroatoms. The molecule has 0 saturated carbocycles. The van der Waals surface area contributed by atoms with Gasteiger partial charge in [0.15, 0.2) is 0 Å². The van der Waals surface area contributed by atoms with Gasteiger partial charge in [0.05, 0.1) is 10.6 Å². The molecule has 142 valence electrons.